The molecule has 0 heterocycles. The highest BCUT2D eigenvalue weighted by atomic mass is 32.2. The number of benzene rings is 1. The smallest absolute Gasteiger partial charge is 0.344 e. The minimum Gasteiger partial charge on any atom is -0.349 e. The van der Waals surface area contributed by atoms with Crippen molar-refractivity contribution in [2.75, 3.05) is 11.3 Å². The van der Waals surface area contributed by atoms with Crippen molar-refractivity contribution in [3.8, 4) is 0 Å². The second-order valence-electron chi connectivity index (χ2n) is 2.75. The van der Waals surface area contributed by atoms with Crippen molar-refractivity contribution in [1.29, 1.82) is 0 Å². The van der Waals surface area contributed by atoms with Gasteiger partial charge < -0.3 is 5.73 Å². The Morgan fingerprint density at radius 2 is 1.87 bits per heavy atom. The van der Waals surface area contributed by atoms with Gasteiger partial charge in [-0.15, -0.1) is 4.28 Å². The van der Waals surface area contributed by atoms with Gasteiger partial charge in [-0.05, 0) is 12.1 Å². The molecule has 7 heteroatoms. The molecule has 1 aromatic rings. The minimum atomic E-state index is -3.79. The molecule has 0 bridgehead atoms. The van der Waals surface area contributed by atoms with E-state index in [4.69, 9.17) is 5.73 Å². The van der Waals surface area contributed by atoms with Crippen molar-refractivity contribution >= 4 is 21.8 Å². The summed E-state index contributed by atoms with van der Waals surface area (Å²) in [5.74, 6) is 0. The van der Waals surface area contributed by atoms with Crippen molar-refractivity contribution in [2.45, 2.75) is 0 Å². The van der Waals surface area contributed by atoms with Crippen LogP contribution in [0, 0.1) is 0 Å². The molecule has 0 aliphatic carbocycles. The first-order valence-electron chi connectivity index (χ1n) is 3.94. The maximum absolute atomic E-state index is 10.9. The lowest BCUT2D eigenvalue weighted by Gasteiger charge is -2.17. The summed E-state index contributed by atoms with van der Waals surface area (Å²) in [6, 6.07) is 6.94. The third-order valence-corrected chi connectivity index (χ3v) is 1.82. The quantitative estimate of drug-likeness (QED) is 0.764. The maximum Gasteiger partial charge on any atom is 0.344 e. The van der Waals surface area contributed by atoms with Gasteiger partial charge in [-0.3, -0.25) is 0 Å². The third-order valence-electron chi connectivity index (χ3n) is 1.40. The molecule has 0 radical (unpaired) electrons. The maximum atomic E-state index is 10.9. The van der Waals surface area contributed by atoms with Crippen molar-refractivity contribution in [1.82, 2.24) is 0 Å². The van der Waals surface area contributed by atoms with Crippen LogP contribution in [0.4, 0.5) is 10.5 Å². The molecule has 1 rings (SSSR count). The van der Waals surface area contributed by atoms with Crippen LogP contribution < -0.4 is 10.8 Å². The summed E-state index contributed by atoms with van der Waals surface area (Å²) in [5.41, 5.74) is 5.22. The second kappa shape index (κ2) is 4.28. The van der Waals surface area contributed by atoms with Gasteiger partial charge in [-0.25, -0.2) is 4.79 Å². The van der Waals surface area contributed by atoms with E-state index >= 15 is 0 Å². The molecule has 2 amide bonds. The molecule has 0 atom stereocenters. The second-order valence-corrected chi connectivity index (χ2v) is 4.30. The van der Waals surface area contributed by atoms with Crippen LogP contribution in [-0.2, 0) is 14.4 Å². The lowest BCUT2D eigenvalue weighted by atomic mass is 10.3. The van der Waals surface area contributed by atoms with E-state index in [0.29, 0.717) is 5.06 Å². The van der Waals surface area contributed by atoms with Crippen molar-refractivity contribution in [3.63, 3.8) is 0 Å². The Morgan fingerprint density at radius 3 is 2.27 bits per heavy atom. The molecule has 0 fully saturated rings. The lowest BCUT2D eigenvalue weighted by Crippen LogP contribution is -2.37. The monoisotopic (exact) mass is 230 g/mol. The first-order valence-corrected chi connectivity index (χ1v) is 5.76. The van der Waals surface area contributed by atoms with Gasteiger partial charge in [0.1, 0.15) is 0 Å². The number of nitrogens with zero attached hydrogens (tertiary/aromatic N) is 1. The number of carbonyl (C=O) groups excluding carboxylic acids is 1. The number of urea groups is 1. The summed E-state index contributed by atoms with van der Waals surface area (Å²) in [6.45, 7) is 0. The van der Waals surface area contributed by atoms with Crippen LogP contribution in [-0.4, -0.2) is 20.7 Å². The molecule has 0 saturated carbocycles. The predicted molar refractivity (Wildman–Crippen MR) is 54.4 cm³/mol. The highest BCUT2D eigenvalue weighted by molar-refractivity contribution is 7.86. The number of hydroxylamine groups is 1. The molecule has 0 unspecified atom stereocenters. The minimum absolute atomic E-state index is 0.246. The molecule has 0 aliphatic heterocycles. The molecule has 1 aromatic carbocycles. The fourth-order valence-corrected chi connectivity index (χ4v) is 1.34. The average molecular weight is 230 g/mol. The number of hydrogen-bond acceptors (Lipinski definition) is 4. The topological polar surface area (TPSA) is 89.7 Å². The number of anilines is 1. The Kier molecular flexibility index (Phi) is 3.28. The van der Waals surface area contributed by atoms with Gasteiger partial charge in [-0.1, -0.05) is 18.2 Å². The fraction of sp³-hybridized carbons (Fsp3) is 0.125. The molecule has 2 N–H and O–H groups in total. The number of rotatable bonds is 3. The summed E-state index contributed by atoms with van der Waals surface area (Å²) in [5, 5.41) is 0.509. The highest BCUT2D eigenvalue weighted by Crippen LogP contribution is 2.14. The first kappa shape index (κ1) is 11.5. The molecule has 0 saturated heterocycles. The Morgan fingerprint density at radius 1 is 1.33 bits per heavy atom. The molecular weight excluding hydrogens is 220 g/mol. The van der Waals surface area contributed by atoms with Gasteiger partial charge >= 0.3 is 6.03 Å². The number of hydrogen-bond donors (Lipinski definition) is 1. The molecular formula is C8H10N2O4S. The number of carbonyl (C=O) groups is 1. The van der Waals surface area contributed by atoms with Crippen molar-refractivity contribution < 1.29 is 17.5 Å². The molecule has 82 valence electrons. The van der Waals surface area contributed by atoms with Crippen LogP contribution in [0.1, 0.15) is 0 Å². The van der Waals surface area contributed by atoms with E-state index in [2.05, 4.69) is 4.28 Å². The van der Waals surface area contributed by atoms with Gasteiger partial charge in [0.25, 0.3) is 10.1 Å². The van der Waals surface area contributed by atoms with Gasteiger partial charge in [0, 0.05) is 0 Å². The molecule has 15 heavy (non-hydrogen) atoms. The van der Waals surface area contributed by atoms with E-state index in [1.165, 1.54) is 12.1 Å². The fourth-order valence-electron chi connectivity index (χ4n) is 0.906. The SMILES string of the molecule is CS(=O)(=O)ON(C(N)=O)c1ccccc1. The Labute approximate surface area is 87.3 Å². The predicted octanol–water partition coefficient (Wildman–Crippen LogP) is 0.463. The van der Waals surface area contributed by atoms with E-state index in [1.807, 2.05) is 0 Å². The van der Waals surface area contributed by atoms with Crippen molar-refractivity contribution in [2.24, 2.45) is 5.73 Å². The summed E-state index contributed by atoms with van der Waals surface area (Å²) >= 11 is 0. The zero-order valence-corrected chi connectivity index (χ0v) is 8.77. The first-order chi connectivity index (χ1) is 6.90. The van der Waals surface area contributed by atoms with Crippen LogP contribution in [0.3, 0.4) is 0 Å². The van der Waals surface area contributed by atoms with Gasteiger partial charge in [0.05, 0.1) is 11.9 Å². The third kappa shape index (κ3) is 3.56. The summed E-state index contributed by atoms with van der Waals surface area (Å²) in [4.78, 5) is 10.9. The Bertz CT molecular complexity index is 443. The largest absolute Gasteiger partial charge is 0.349 e. The van der Waals surface area contributed by atoms with E-state index in [1.54, 1.807) is 18.2 Å². The van der Waals surface area contributed by atoms with Crippen molar-refractivity contribution in [3.05, 3.63) is 30.3 Å². The molecule has 0 aromatic heterocycles. The van der Waals surface area contributed by atoms with Gasteiger partial charge in [0.2, 0.25) is 0 Å². The van der Waals surface area contributed by atoms with Crippen LogP contribution in [0.5, 0.6) is 0 Å². The average Bonchev–Trinajstić information content (AvgIpc) is 2.14. The van der Waals surface area contributed by atoms with E-state index < -0.39 is 16.1 Å². The number of para-hydroxylation sites is 1. The van der Waals surface area contributed by atoms with E-state index in [-0.39, 0.29) is 5.69 Å². The number of amides is 2. The zero-order chi connectivity index (χ0) is 11.5. The normalized spacial score (nSPS) is 11.0. The van der Waals surface area contributed by atoms with Crippen LogP contribution >= 0.6 is 0 Å². The highest BCUT2D eigenvalue weighted by Gasteiger charge is 2.18. The summed E-state index contributed by atoms with van der Waals surface area (Å²) < 4.78 is 26.1. The standard InChI is InChI=1S/C8H10N2O4S/c1-15(12,13)14-10(8(9)11)7-5-3-2-4-6-7/h2-6H,1H3,(H2,9,11). The van der Waals surface area contributed by atoms with Crippen LogP contribution in [0.25, 0.3) is 0 Å². The molecule has 0 aliphatic rings. The van der Waals surface area contributed by atoms with Crippen LogP contribution in [0.15, 0.2) is 30.3 Å². The Hall–Kier alpha value is -1.60. The zero-order valence-electron chi connectivity index (χ0n) is 7.95. The summed E-state index contributed by atoms with van der Waals surface area (Å²) in [7, 11) is -3.79. The van der Waals surface area contributed by atoms with Gasteiger partial charge in [0.15, 0.2) is 0 Å². The number of primary amides is 1. The molecule has 6 nitrogen and oxygen atoms in total. The van der Waals surface area contributed by atoms with E-state index in [0.717, 1.165) is 6.26 Å². The number of nitrogens with two attached hydrogens (primary N) is 1. The Balaban J connectivity index is 3.00. The van der Waals surface area contributed by atoms with E-state index in [9.17, 15) is 13.2 Å². The van der Waals surface area contributed by atoms with Crippen LogP contribution in [0.2, 0.25) is 0 Å². The van der Waals surface area contributed by atoms with Gasteiger partial charge in [-0.2, -0.15) is 13.5 Å². The molecule has 0 spiro atoms. The summed E-state index contributed by atoms with van der Waals surface area (Å²) in [6.07, 6.45) is 0.825. The lowest BCUT2D eigenvalue weighted by molar-refractivity contribution is 0.223.